The van der Waals surface area contributed by atoms with E-state index in [2.05, 4.69) is 24.3 Å². The minimum absolute atomic E-state index is 0.0791. The van der Waals surface area contributed by atoms with Gasteiger partial charge in [-0.25, -0.2) is 0 Å². The van der Waals surface area contributed by atoms with Gasteiger partial charge in [-0.2, -0.15) is 0 Å². The van der Waals surface area contributed by atoms with Crippen molar-refractivity contribution in [3.05, 3.63) is 66.7 Å². The number of fused-ring (bicyclic) bond motifs is 1. The molecule has 0 fully saturated rings. The first-order chi connectivity index (χ1) is 8.84. The number of hydrogen-bond acceptors (Lipinski definition) is 1. The van der Waals surface area contributed by atoms with Crippen molar-refractivity contribution < 1.29 is 5.11 Å². The molecule has 18 heavy (non-hydrogen) atoms. The zero-order chi connectivity index (χ0) is 12.4. The fraction of sp³-hybridized carbons (Fsp3) is 0. The molecule has 2 heteroatoms. The number of rotatable bonds is 2. The summed E-state index contributed by atoms with van der Waals surface area (Å²) in [6.45, 7) is 0. The second kappa shape index (κ2) is 4.75. The monoisotopic (exact) mass is 251 g/mol. The molecule has 0 spiro atoms. The lowest BCUT2D eigenvalue weighted by Gasteiger charge is -2.06. The SMILES string of the molecule is [O]c1ccccc1Sc1cccc2ccccc12. The number of hydrogen-bond donors (Lipinski definition) is 0. The Morgan fingerprint density at radius 3 is 2.22 bits per heavy atom. The minimum Gasteiger partial charge on any atom is -0.289 e. The molecule has 1 radical (unpaired) electrons. The Balaban J connectivity index is 2.08. The van der Waals surface area contributed by atoms with Crippen LogP contribution >= 0.6 is 11.8 Å². The van der Waals surface area contributed by atoms with Gasteiger partial charge in [-0.1, -0.05) is 60.3 Å². The zero-order valence-electron chi connectivity index (χ0n) is 9.67. The van der Waals surface area contributed by atoms with Crippen molar-refractivity contribution in [3.8, 4) is 5.75 Å². The molecule has 0 amide bonds. The highest BCUT2D eigenvalue weighted by atomic mass is 32.2. The molecule has 3 aromatic carbocycles. The first-order valence-electron chi connectivity index (χ1n) is 5.76. The lowest BCUT2D eigenvalue weighted by Crippen LogP contribution is -1.78. The van der Waals surface area contributed by atoms with Crippen LogP contribution in [-0.2, 0) is 5.11 Å². The van der Waals surface area contributed by atoms with Gasteiger partial charge in [-0.15, -0.1) is 0 Å². The van der Waals surface area contributed by atoms with E-state index >= 15 is 0 Å². The molecule has 1 nitrogen and oxygen atoms in total. The van der Waals surface area contributed by atoms with E-state index in [-0.39, 0.29) is 5.75 Å². The largest absolute Gasteiger partial charge is 0.289 e. The van der Waals surface area contributed by atoms with Crippen molar-refractivity contribution >= 4 is 22.5 Å². The van der Waals surface area contributed by atoms with Crippen molar-refractivity contribution in [1.82, 2.24) is 0 Å². The van der Waals surface area contributed by atoms with Gasteiger partial charge in [0.15, 0.2) is 5.75 Å². The van der Waals surface area contributed by atoms with Crippen molar-refractivity contribution in [2.24, 2.45) is 0 Å². The standard InChI is InChI=1S/C16H11OS/c17-14-9-3-4-10-16(14)18-15-11-5-7-12-6-1-2-8-13(12)15/h1-11H. The summed E-state index contributed by atoms with van der Waals surface area (Å²) >= 11 is 1.53. The molecule has 0 atom stereocenters. The van der Waals surface area contributed by atoms with Crippen LogP contribution < -0.4 is 0 Å². The molecular formula is C16H11OS. The molecule has 87 valence electrons. The molecule has 0 aliphatic heterocycles. The Morgan fingerprint density at radius 1 is 0.667 bits per heavy atom. The van der Waals surface area contributed by atoms with E-state index < -0.39 is 0 Å². The Bertz CT molecular complexity index is 686. The third-order valence-corrected chi connectivity index (χ3v) is 3.95. The fourth-order valence-corrected chi connectivity index (χ4v) is 2.93. The second-order valence-corrected chi connectivity index (χ2v) is 5.11. The lowest BCUT2D eigenvalue weighted by atomic mass is 10.1. The van der Waals surface area contributed by atoms with Gasteiger partial charge in [0, 0.05) is 4.90 Å². The number of benzene rings is 3. The van der Waals surface area contributed by atoms with Crippen LogP contribution in [0.5, 0.6) is 5.75 Å². The van der Waals surface area contributed by atoms with Crippen LogP contribution in [0.15, 0.2) is 76.5 Å². The van der Waals surface area contributed by atoms with E-state index in [1.165, 1.54) is 22.5 Å². The van der Waals surface area contributed by atoms with Crippen LogP contribution in [-0.4, -0.2) is 0 Å². The van der Waals surface area contributed by atoms with Crippen LogP contribution in [0, 0.1) is 0 Å². The zero-order valence-corrected chi connectivity index (χ0v) is 10.5. The predicted octanol–water partition coefficient (Wildman–Crippen LogP) is 5.13. The second-order valence-electron chi connectivity index (χ2n) is 4.03. The summed E-state index contributed by atoms with van der Waals surface area (Å²) in [6.07, 6.45) is 0. The minimum atomic E-state index is 0.0791. The van der Waals surface area contributed by atoms with Gasteiger partial charge in [0.05, 0.1) is 4.90 Å². The molecule has 0 aliphatic rings. The lowest BCUT2D eigenvalue weighted by molar-refractivity contribution is 0.344. The molecule has 0 heterocycles. The van der Waals surface area contributed by atoms with Gasteiger partial charge in [-0.05, 0) is 29.0 Å². The van der Waals surface area contributed by atoms with Gasteiger partial charge in [0.2, 0.25) is 0 Å². The van der Waals surface area contributed by atoms with Crippen LogP contribution in [0.2, 0.25) is 0 Å². The normalized spacial score (nSPS) is 10.7. The highest BCUT2D eigenvalue weighted by Crippen LogP contribution is 2.37. The Hall–Kier alpha value is -1.93. The average Bonchev–Trinajstić information content (AvgIpc) is 2.42. The summed E-state index contributed by atoms with van der Waals surface area (Å²) in [6, 6.07) is 21.5. The third-order valence-electron chi connectivity index (χ3n) is 2.82. The maximum absolute atomic E-state index is 11.7. The first kappa shape index (κ1) is 11.2. The van der Waals surface area contributed by atoms with E-state index in [1.54, 1.807) is 12.1 Å². The summed E-state index contributed by atoms with van der Waals surface area (Å²) in [5.41, 5.74) is 0. The number of para-hydroxylation sites is 1. The third kappa shape index (κ3) is 2.07. The molecule has 3 aromatic rings. The molecule has 0 aromatic heterocycles. The van der Waals surface area contributed by atoms with Crippen LogP contribution in [0.25, 0.3) is 10.8 Å². The van der Waals surface area contributed by atoms with E-state index in [4.69, 9.17) is 0 Å². The molecule has 0 bridgehead atoms. The summed E-state index contributed by atoms with van der Waals surface area (Å²) in [7, 11) is 0. The van der Waals surface area contributed by atoms with E-state index in [0.29, 0.717) is 0 Å². The summed E-state index contributed by atoms with van der Waals surface area (Å²) in [5, 5.41) is 14.1. The summed E-state index contributed by atoms with van der Waals surface area (Å²) in [4.78, 5) is 1.89. The van der Waals surface area contributed by atoms with E-state index in [1.807, 2.05) is 30.3 Å². The average molecular weight is 251 g/mol. The molecule has 0 aliphatic carbocycles. The van der Waals surface area contributed by atoms with Crippen molar-refractivity contribution in [2.45, 2.75) is 9.79 Å². The smallest absolute Gasteiger partial charge is 0.192 e. The predicted molar refractivity (Wildman–Crippen MR) is 74.6 cm³/mol. The molecule has 0 unspecified atom stereocenters. The van der Waals surface area contributed by atoms with Gasteiger partial charge in [0.1, 0.15) is 0 Å². The van der Waals surface area contributed by atoms with Crippen LogP contribution in [0.3, 0.4) is 0 Å². The van der Waals surface area contributed by atoms with Gasteiger partial charge >= 0.3 is 0 Å². The van der Waals surface area contributed by atoms with Crippen LogP contribution in [0.4, 0.5) is 0 Å². The Labute approximate surface area is 110 Å². The van der Waals surface area contributed by atoms with Crippen molar-refractivity contribution in [2.75, 3.05) is 0 Å². The maximum atomic E-state index is 11.7. The van der Waals surface area contributed by atoms with E-state index in [9.17, 15) is 5.11 Å². The highest BCUT2D eigenvalue weighted by Gasteiger charge is 2.06. The van der Waals surface area contributed by atoms with Crippen molar-refractivity contribution in [1.29, 1.82) is 0 Å². The molecule has 0 saturated carbocycles. The van der Waals surface area contributed by atoms with E-state index in [0.717, 1.165) is 9.79 Å². The van der Waals surface area contributed by atoms with Crippen LogP contribution in [0.1, 0.15) is 0 Å². The van der Waals surface area contributed by atoms with Gasteiger partial charge < -0.3 is 0 Å². The fourth-order valence-electron chi connectivity index (χ4n) is 1.94. The summed E-state index contributed by atoms with van der Waals surface area (Å²) < 4.78 is 0. The maximum Gasteiger partial charge on any atom is 0.192 e. The van der Waals surface area contributed by atoms with Crippen molar-refractivity contribution in [3.63, 3.8) is 0 Å². The van der Waals surface area contributed by atoms with Gasteiger partial charge in [-0.3, -0.25) is 5.11 Å². The molecule has 3 rings (SSSR count). The quantitative estimate of drug-likeness (QED) is 0.617. The molecule has 0 N–H and O–H groups in total. The summed E-state index contributed by atoms with van der Waals surface area (Å²) in [5.74, 6) is 0.0791. The Morgan fingerprint density at radius 2 is 1.33 bits per heavy atom. The molecular weight excluding hydrogens is 240 g/mol. The topological polar surface area (TPSA) is 19.9 Å². The molecule has 0 saturated heterocycles. The first-order valence-corrected chi connectivity index (χ1v) is 6.58. The highest BCUT2D eigenvalue weighted by molar-refractivity contribution is 7.99. The van der Waals surface area contributed by atoms with Gasteiger partial charge in [0.25, 0.3) is 0 Å². The Kier molecular flexibility index (Phi) is 2.95.